The lowest BCUT2D eigenvalue weighted by Gasteiger charge is -2.55. The molecule has 28 heavy (non-hydrogen) atoms. The minimum Gasteiger partial charge on any atom is -0.497 e. The fraction of sp³-hybridized carbons (Fsp3) is 0.500. The number of ketones is 1. The van der Waals surface area contributed by atoms with E-state index < -0.39 is 0 Å². The lowest BCUT2D eigenvalue weighted by Crippen LogP contribution is -2.50. The minimum atomic E-state index is -0.311. The summed E-state index contributed by atoms with van der Waals surface area (Å²) in [5, 5.41) is 1.99. The van der Waals surface area contributed by atoms with Gasteiger partial charge in [0, 0.05) is 5.56 Å². The first-order valence-electron chi connectivity index (χ1n) is 10.3. The summed E-state index contributed by atoms with van der Waals surface area (Å²) in [5.41, 5.74) is 0.269. The first-order valence-corrected chi connectivity index (χ1v) is 10.3. The van der Waals surface area contributed by atoms with Gasteiger partial charge in [0.25, 0.3) is 0 Å². The Labute approximate surface area is 165 Å². The van der Waals surface area contributed by atoms with Crippen molar-refractivity contribution in [3.8, 4) is 5.75 Å². The number of rotatable bonds is 5. The van der Waals surface area contributed by atoms with E-state index in [9.17, 15) is 9.59 Å². The topological polar surface area (TPSA) is 52.6 Å². The van der Waals surface area contributed by atoms with Crippen LogP contribution in [0.3, 0.4) is 0 Å². The molecule has 6 rings (SSSR count). The molecule has 0 saturated heterocycles. The third-order valence-corrected chi connectivity index (χ3v) is 7.17. The van der Waals surface area contributed by atoms with Gasteiger partial charge in [-0.3, -0.25) is 9.59 Å². The fourth-order valence-electron chi connectivity index (χ4n) is 6.25. The van der Waals surface area contributed by atoms with Gasteiger partial charge in [0.1, 0.15) is 5.75 Å². The van der Waals surface area contributed by atoms with Gasteiger partial charge in [-0.2, -0.15) is 0 Å². The molecule has 4 saturated carbocycles. The van der Waals surface area contributed by atoms with Crippen molar-refractivity contribution < 1.29 is 19.1 Å². The van der Waals surface area contributed by atoms with Crippen molar-refractivity contribution in [2.24, 2.45) is 23.2 Å². The van der Waals surface area contributed by atoms with Crippen LogP contribution in [0.15, 0.2) is 36.4 Å². The summed E-state index contributed by atoms with van der Waals surface area (Å²) in [7, 11) is 1.64. The van der Waals surface area contributed by atoms with Crippen LogP contribution in [-0.4, -0.2) is 25.5 Å². The maximum absolute atomic E-state index is 12.9. The van der Waals surface area contributed by atoms with Crippen LogP contribution < -0.4 is 4.74 Å². The molecule has 4 aliphatic rings. The second-order valence-corrected chi connectivity index (χ2v) is 9.13. The van der Waals surface area contributed by atoms with Crippen molar-refractivity contribution in [3.63, 3.8) is 0 Å². The van der Waals surface area contributed by atoms with E-state index >= 15 is 0 Å². The van der Waals surface area contributed by atoms with E-state index in [0.717, 1.165) is 35.8 Å². The maximum atomic E-state index is 12.9. The molecule has 0 amide bonds. The summed E-state index contributed by atoms with van der Waals surface area (Å²) in [5.74, 6) is 2.57. The number of esters is 1. The molecule has 4 nitrogen and oxygen atoms in total. The first-order chi connectivity index (χ1) is 13.5. The molecule has 4 aliphatic carbocycles. The number of carbonyl (C=O) groups excluding carboxylic acids is 2. The van der Waals surface area contributed by atoms with Gasteiger partial charge in [0.2, 0.25) is 0 Å². The quantitative estimate of drug-likeness (QED) is 0.554. The Morgan fingerprint density at radius 3 is 2.18 bits per heavy atom. The fourth-order valence-corrected chi connectivity index (χ4v) is 6.25. The molecular formula is C24H26O4. The lowest BCUT2D eigenvalue weighted by atomic mass is 9.49. The second kappa shape index (κ2) is 6.61. The molecule has 0 unspecified atom stereocenters. The highest BCUT2D eigenvalue weighted by molar-refractivity contribution is 6.01. The standard InChI is InChI=1S/C24H26O4/c1-27-21-5-4-18-9-20(3-2-19(18)10-21)22(25)14-28-23(26)24-11-15-6-16(12-24)8-17(7-15)13-24/h2-5,9-10,15-17H,6-8,11-14H2,1H3. The summed E-state index contributed by atoms with van der Waals surface area (Å²) >= 11 is 0. The Morgan fingerprint density at radius 1 is 0.929 bits per heavy atom. The number of hydrogen-bond donors (Lipinski definition) is 0. The Balaban J connectivity index is 1.27. The van der Waals surface area contributed by atoms with Crippen molar-refractivity contribution in [3.05, 3.63) is 42.0 Å². The normalized spacial score (nSPS) is 30.4. The predicted octanol–water partition coefficient (Wildman–Crippen LogP) is 4.79. The zero-order chi connectivity index (χ0) is 19.3. The molecule has 0 radical (unpaired) electrons. The maximum Gasteiger partial charge on any atom is 0.312 e. The molecule has 2 aromatic carbocycles. The van der Waals surface area contributed by atoms with Crippen LogP contribution >= 0.6 is 0 Å². The number of methoxy groups -OCH3 is 1. The summed E-state index contributed by atoms with van der Waals surface area (Å²) < 4.78 is 10.8. The van der Waals surface area contributed by atoms with Crippen LogP contribution in [0.4, 0.5) is 0 Å². The summed E-state index contributed by atoms with van der Waals surface area (Å²) in [6, 6.07) is 11.3. The van der Waals surface area contributed by atoms with Crippen molar-refractivity contribution in [2.75, 3.05) is 13.7 Å². The average molecular weight is 378 g/mol. The third-order valence-electron chi connectivity index (χ3n) is 7.17. The van der Waals surface area contributed by atoms with Crippen LogP contribution in [-0.2, 0) is 9.53 Å². The largest absolute Gasteiger partial charge is 0.497 e. The summed E-state index contributed by atoms with van der Waals surface area (Å²) in [4.78, 5) is 25.6. The molecule has 0 spiro atoms. The highest BCUT2D eigenvalue weighted by atomic mass is 16.5. The molecule has 2 aromatic rings. The van der Waals surface area contributed by atoms with Gasteiger partial charge in [-0.15, -0.1) is 0 Å². The van der Waals surface area contributed by atoms with Gasteiger partial charge < -0.3 is 9.47 Å². The molecule has 0 heterocycles. The SMILES string of the molecule is COc1ccc2cc(C(=O)COC(=O)C34CC5CC(CC(C5)C3)C4)ccc2c1. The van der Waals surface area contributed by atoms with E-state index in [1.807, 2.05) is 30.3 Å². The number of carbonyl (C=O) groups is 2. The van der Waals surface area contributed by atoms with E-state index in [0.29, 0.717) is 23.3 Å². The van der Waals surface area contributed by atoms with Gasteiger partial charge in [-0.1, -0.05) is 18.2 Å². The Bertz CT molecular complexity index is 909. The lowest BCUT2D eigenvalue weighted by molar-refractivity contribution is -0.170. The summed E-state index contributed by atoms with van der Waals surface area (Å²) in [6.45, 7) is -0.164. The third kappa shape index (κ3) is 2.99. The van der Waals surface area contributed by atoms with E-state index in [2.05, 4.69) is 0 Å². The average Bonchev–Trinajstić information content (AvgIpc) is 2.69. The van der Waals surface area contributed by atoms with Crippen molar-refractivity contribution in [1.82, 2.24) is 0 Å². The summed E-state index contributed by atoms with van der Waals surface area (Å²) in [6.07, 6.45) is 6.74. The molecule has 0 aliphatic heterocycles. The van der Waals surface area contributed by atoms with E-state index in [1.54, 1.807) is 13.2 Å². The molecule has 4 bridgehead atoms. The first kappa shape index (κ1) is 17.7. The number of hydrogen-bond acceptors (Lipinski definition) is 4. The van der Waals surface area contributed by atoms with E-state index in [1.165, 1.54) is 19.3 Å². The van der Waals surface area contributed by atoms with Gasteiger partial charge in [-0.05, 0) is 85.3 Å². The van der Waals surface area contributed by atoms with Crippen LogP contribution in [0, 0.1) is 23.2 Å². The molecule has 4 heteroatoms. The Hall–Kier alpha value is -2.36. The number of fused-ring (bicyclic) bond motifs is 1. The van der Waals surface area contributed by atoms with Crippen molar-refractivity contribution >= 4 is 22.5 Å². The monoisotopic (exact) mass is 378 g/mol. The Morgan fingerprint density at radius 2 is 1.54 bits per heavy atom. The number of Topliss-reactive ketones (excluding diaryl/α,β-unsaturated/α-hetero) is 1. The molecule has 0 N–H and O–H groups in total. The predicted molar refractivity (Wildman–Crippen MR) is 106 cm³/mol. The van der Waals surface area contributed by atoms with Crippen molar-refractivity contribution in [2.45, 2.75) is 38.5 Å². The van der Waals surface area contributed by atoms with Gasteiger partial charge in [0.15, 0.2) is 12.4 Å². The van der Waals surface area contributed by atoms with Crippen LogP contribution in [0.2, 0.25) is 0 Å². The van der Waals surface area contributed by atoms with E-state index in [4.69, 9.17) is 9.47 Å². The highest BCUT2D eigenvalue weighted by Crippen LogP contribution is 2.60. The van der Waals surface area contributed by atoms with Gasteiger partial charge in [-0.25, -0.2) is 0 Å². The van der Waals surface area contributed by atoms with E-state index in [-0.39, 0.29) is 23.8 Å². The Kier molecular flexibility index (Phi) is 4.18. The molecular weight excluding hydrogens is 352 g/mol. The van der Waals surface area contributed by atoms with Gasteiger partial charge >= 0.3 is 5.97 Å². The highest BCUT2D eigenvalue weighted by Gasteiger charge is 2.55. The zero-order valence-electron chi connectivity index (χ0n) is 16.3. The number of benzene rings is 2. The molecule has 146 valence electrons. The minimum absolute atomic E-state index is 0.134. The van der Waals surface area contributed by atoms with Crippen LogP contribution in [0.5, 0.6) is 5.75 Å². The molecule has 0 aromatic heterocycles. The van der Waals surface area contributed by atoms with Gasteiger partial charge in [0.05, 0.1) is 12.5 Å². The second-order valence-electron chi connectivity index (χ2n) is 9.13. The molecule has 4 fully saturated rings. The van der Waals surface area contributed by atoms with Crippen LogP contribution in [0.1, 0.15) is 48.9 Å². The van der Waals surface area contributed by atoms with Crippen LogP contribution in [0.25, 0.3) is 10.8 Å². The molecule has 0 atom stereocenters. The smallest absolute Gasteiger partial charge is 0.312 e. The zero-order valence-corrected chi connectivity index (χ0v) is 16.3. The van der Waals surface area contributed by atoms with Crippen molar-refractivity contribution in [1.29, 1.82) is 0 Å². The number of ether oxygens (including phenoxy) is 2.